The van der Waals surface area contributed by atoms with E-state index in [1.807, 2.05) is 44.2 Å². The summed E-state index contributed by atoms with van der Waals surface area (Å²) < 4.78 is 5.49. The molecule has 0 aromatic heterocycles. The van der Waals surface area contributed by atoms with E-state index in [1.54, 1.807) is 0 Å². The Morgan fingerprint density at radius 1 is 1.19 bits per heavy atom. The van der Waals surface area contributed by atoms with Gasteiger partial charge in [0.1, 0.15) is 6.10 Å². The highest BCUT2D eigenvalue weighted by Gasteiger charge is 2.39. The van der Waals surface area contributed by atoms with Crippen molar-refractivity contribution in [1.82, 2.24) is 0 Å². The zero-order valence-corrected chi connectivity index (χ0v) is 12.5. The van der Waals surface area contributed by atoms with Crippen molar-refractivity contribution in [3.63, 3.8) is 0 Å². The van der Waals surface area contributed by atoms with Crippen LogP contribution in [0.3, 0.4) is 0 Å². The summed E-state index contributed by atoms with van der Waals surface area (Å²) in [5.74, 6) is -2.07. The van der Waals surface area contributed by atoms with Crippen LogP contribution in [-0.4, -0.2) is 17.0 Å². The molecule has 4 unspecified atom stereocenters. The van der Waals surface area contributed by atoms with Crippen LogP contribution in [0.4, 0.5) is 0 Å². The molecule has 21 heavy (non-hydrogen) atoms. The van der Waals surface area contributed by atoms with Crippen molar-refractivity contribution in [3.05, 3.63) is 35.9 Å². The van der Waals surface area contributed by atoms with Crippen LogP contribution in [0.5, 0.6) is 0 Å². The predicted octanol–water partition coefficient (Wildman–Crippen LogP) is 3.43. The standard InChI is InChI=1S/C17H22O4/c1-11-8-9-14(15(10-11)16(18)19)17(20)21-12(2)13-6-4-3-5-7-13/h3-7,11-12,14-15H,8-10H2,1-2H3,(H,18,19). The van der Waals surface area contributed by atoms with E-state index in [-0.39, 0.29) is 12.1 Å². The maximum Gasteiger partial charge on any atom is 0.310 e. The molecule has 1 aliphatic carbocycles. The molecule has 1 N–H and O–H groups in total. The molecule has 4 nitrogen and oxygen atoms in total. The number of carboxylic acids is 1. The maximum absolute atomic E-state index is 12.3. The maximum atomic E-state index is 12.3. The summed E-state index contributed by atoms with van der Waals surface area (Å²) in [4.78, 5) is 23.7. The first-order valence-electron chi connectivity index (χ1n) is 7.47. The van der Waals surface area contributed by atoms with Crippen LogP contribution < -0.4 is 0 Å². The second-order valence-electron chi connectivity index (χ2n) is 5.96. The van der Waals surface area contributed by atoms with Gasteiger partial charge in [-0.2, -0.15) is 0 Å². The highest BCUT2D eigenvalue weighted by molar-refractivity contribution is 5.81. The van der Waals surface area contributed by atoms with Crippen LogP contribution in [0.1, 0.15) is 44.8 Å². The zero-order valence-electron chi connectivity index (χ0n) is 12.5. The topological polar surface area (TPSA) is 63.6 Å². The summed E-state index contributed by atoms with van der Waals surface area (Å²) in [6.45, 7) is 3.85. The number of hydrogen-bond acceptors (Lipinski definition) is 3. The number of benzene rings is 1. The lowest BCUT2D eigenvalue weighted by Crippen LogP contribution is -2.36. The second kappa shape index (κ2) is 6.74. The molecule has 0 aliphatic heterocycles. The van der Waals surface area contributed by atoms with Crippen LogP contribution in [0.15, 0.2) is 30.3 Å². The first-order valence-corrected chi connectivity index (χ1v) is 7.47. The fraction of sp³-hybridized carbons (Fsp3) is 0.529. The van der Waals surface area contributed by atoms with Crippen LogP contribution in [0, 0.1) is 17.8 Å². The Kier molecular flexibility index (Phi) is 4.99. The molecule has 1 aliphatic rings. The minimum absolute atomic E-state index is 0.349. The number of ether oxygens (including phenoxy) is 1. The lowest BCUT2D eigenvalue weighted by Gasteiger charge is -2.31. The van der Waals surface area contributed by atoms with Crippen molar-refractivity contribution < 1.29 is 19.4 Å². The average Bonchev–Trinajstić information content (AvgIpc) is 2.47. The van der Waals surface area contributed by atoms with E-state index >= 15 is 0 Å². The molecule has 1 aromatic carbocycles. The van der Waals surface area contributed by atoms with Gasteiger partial charge in [-0.25, -0.2) is 0 Å². The van der Waals surface area contributed by atoms with E-state index in [9.17, 15) is 14.7 Å². The number of esters is 1. The molecular formula is C17H22O4. The third-order valence-electron chi connectivity index (χ3n) is 4.29. The van der Waals surface area contributed by atoms with Gasteiger partial charge in [0.2, 0.25) is 0 Å². The van der Waals surface area contributed by atoms with E-state index in [2.05, 4.69) is 0 Å². The largest absolute Gasteiger partial charge is 0.481 e. The van der Waals surface area contributed by atoms with E-state index in [1.165, 1.54) is 0 Å². The summed E-state index contributed by atoms with van der Waals surface area (Å²) >= 11 is 0. The number of carbonyl (C=O) groups excluding carboxylic acids is 1. The highest BCUT2D eigenvalue weighted by Crippen LogP contribution is 2.35. The summed E-state index contributed by atoms with van der Waals surface area (Å²) in [5.41, 5.74) is 0.918. The summed E-state index contributed by atoms with van der Waals surface area (Å²) in [6.07, 6.45) is 1.67. The van der Waals surface area contributed by atoms with Crippen molar-refractivity contribution in [3.8, 4) is 0 Å². The summed E-state index contributed by atoms with van der Waals surface area (Å²) in [5, 5.41) is 9.32. The van der Waals surface area contributed by atoms with Gasteiger partial charge in [0, 0.05) is 0 Å². The van der Waals surface area contributed by atoms with E-state index in [0.29, 0.717) is 18.8 Å². The molecule has 2 rings (SSSR count). The van der Waals surface area contributed by atoms with Crippen LogP contribution >= 0.6 is 0 Å². The number of rotatable bonds is 4. The van der Waals surface area contributed by atoms with Gasteiger partial charge in [0.15, 0.2) is 0 Å². The Balaban J connectivity index is 2.03. The molecule has 0 spiro atoms. The van der Waals surface area contributed by atoms with Gasteiger partial charge in [-0.15, -0.1) is 0 Å². The van der Waals surface area contributed by atoms with Gasteiger partial charge >= 0.3 is 11.9 Å². The predicted molar refractivity (Wildman–Crippen MR) is 78.6 cm³/mol. The SMILES string of the molecule is CC1CCC(C(=O)OC(C)c2ccccc2)C(C(=O)O)C1. The normalized spacial score (nSPS) is 26.9. The molecule has 1 fully saturated rings. The van der Waals surface area contributed by atoms with Gasteiger partial charge in [-0.1, -0.05) is 37.3 Å². The Morgan fingerprint density at radius 3 is 2.48 bits per heavy atom. The second-order valence-corrected chi connectivity index (χ2v) is 5.96. The first-order chi connectivity index (χ1) is 9.99. The Labute approximate surface area is 125 Å². The van der Waals surface area contributed by atoms with Gasteiger partial charge < -0.3 is 9.84 Å². The first kappa shape index (κ1) is 15.5. The highest BCUT2D eigenvalue weighted by atomic mass is 16.5. The van der Waals surface area contributed by atoms with Crippen LogP contribution in [-0.2, 0) is 14.3 Å². The molecule has 1 saturated carbocycles. The van der Waals surface area contributed by atoms with Crippen molar-refractivity contribution in [2.24, 2.45) is 17.8 Å². The van der Waals surface area contributed by atoms with E-state index < -0.39 is 17.8 Å². The quantitative estimate of drug-likeness (QED) is 0.863. The third-order valence-corrected chi connectivity index (χ3v) is 4.29. The van der Waals surface area contributed by atoms with Gasteiger partial charge in [0.25, 0.3) is 0 Å². The van der Waals surface area contributed by atoms with Crippen molar-refractivity contribution in [2.75, 3.05) is 0 Å². The molecular weight excluding hydrogens is 268 g/mol. The number of hydrogen-bond donors (Lipinski definition) is 1. The minimum atomic E-state index is -0.893. The van der Waals surface area contributed by atoms with Gasteiger partial charge in [0.05, 0.1) is 11.8 Å². The molecule has 4 atom stereocenters. The molecule has 0 saturated heterocycles. The summed E-state index contributed by atoms with van der Waals surface area (Å²) in [7, 11) is 0. The third kappa shape index (κ3) is 3.84. The van der Waals surface area contributed by atoms with E-state index in [0.717, 1.165) is 12.0 Å². The number of carboxylic acid groups (broad SMARTS) is 1. The monoisotopic (exact) mass is 290 g/mol. The molecule has 0 radical (unpaired) electrons. The lowest BCUT2D eigenvalue weighted by molar-refractivity contribution is -0.164. The number of carbonyl (C=O) groups is 2. The minimum Gasteiger partial charge on any atom is -0.481 e. The molecule has 0 amide bonds. The fourth-order valence-corrected chi connectivity index (χ4v) is 2.99. The smallest absolute Gasteiger partial charge is 0.310 e. The molecule has 0 heterocycles. The van der Waals surface area contributed by atoms with Crippen molar-refractivity contribution in [1.29, 1.82) is 0 Å². The lowest BCUT2D eigenvalue weighted by atomic mass is 9.74. The zero-order chi connectivity index (χ0) is 15.4. The average molecular weight is 290 g/mol. The summed E-state index contributed by atoms with van der Waals surface area (Å²) in [6, 6.07) is 9.48. The molecule has 114 valence electrons. The van der Waals surface area contributed by atoms with E-state index in [4.69, 9.17) is 4.74 Å². The molecule has 0 bridgehead atoms. The molecule has 4 heteroatoms. The van der Waals surface area contributed by atoms with Crippen LogP contribution in [0.2, 0.25) is 0 Å². The molecule has 1 aromatic rings. The van der Waals surface area contributed by atoms with Crippen LogP contribution in [0.25, 0.3) is 0 Å². The Bertz CT molecular complexity index is 497. The van der Waals surface area contributed by atoms with Gasteiger partial charge in [-0.05, 0) is 37.7 Å². The van der Waals surface area contributed by atoms with Crippen molar-refractivity contribution >= 4 is 11.9 Å². The van der Waals surface area contributed by atoms with Gasteiger partial charge in [-0.3, -0.25) is 9.59 Å². The number of aliphatic carboxylic acids is 1. The Hall–Kier alpha value is -1.84. The van der Waals surface area contributed by atoms with Crippen molar-refractivity contribution in [2.45, 2.75) is 39.2 Å². The Morgan fingerprint density at radius 2 is 1.86 bits per heavy atom. The fourth-order valence-electron chi connectivity index (χ4n) is 2.99.